The molecule has 0 fully saturated rings. The Morgan fingerprint density at radius 1 is 0.933 bits per heavy atom. The fraction of sp³-hybridized carbons (Fsp3) is 1.00. The Hall–Kier alpha value is -0.120. The van der Waals surface area contributed by atoms with Gasteiger partial charge in [0.25, 0.3) is 0 Å². The predicted molar refractivity (Wildman–Crippen MR) is 63.9 cm³/mol. The molecule has 92 valence electrons. The van der Waals surface area contributed by atoms with Crippen LogP contribution in [0.2, 0.25) is 0 Å². The van der Waals surface area contributed by atoms with Crippen LogP contribution >= 0.6 is 0 Å². The van der Waals surface area contributed by atoms with Crippen LogP contribution in [0.15, 0.2) is 0 Å². The van der Waals surface area contributed by atoms with Crippen molar-refractivity contribution in [3.05, 3.63) is 0 Å². The van der Waals surface area contributed by atoms with Crippen molar-refractivity contribution >= 4 is 0 Å². The molecule has 15 heavy (non-hydrogen) atoms. The van der Waals surface area contributed by atoms with E-state index < -0.39 is 0 Å². The maximum absolute atomic E-state index is 9.23. The molecule has 0 aliphatic carbocycles. The van der Waals surface area contributed by atoms with Gasteiger partial charge in [-0.3, -0.25) is 0 Å². The molecule has 0 saturated carbocycles. The summed E-state index contributed by atoms with van der Waals surface area (Å²) in [4.78, 5) is 2.34. The second-order valence-electron chi connectivity index (χ2n) is 4.47. The molecule has 0 aromatic rings. The molecule has 2 atom stereocenters. The Balaban J connectivity index is 3.73. The first kappa shape index (κ1) is 14.9. The van der Waals surface area contributed by atoms with Crippen molar-refractivity contribution in [2.45, 2.75) is 58.7 Å². The molecule has 0 spiro atoms. The second-order valence-corrected chi connectivity index (χ2v) is 4.47. The lowest BCUT2D eigenvalue weighted by molar-refractivity contribution is 0.133. The fourth-order valence-electron chi connectivity index (χ4n) is 1.46. The van der Waals surface area contributed by atoms with E-state index in [4.69, 9.17) is 0 Å². The Bertz CT molecular complexity index is 126. The van der Waals surface area contributed by atoms with Crippen molar-refractivity contribution in [3.8, 4) is 0 Å². The summed E-state index contributed by atoms with van der Waals surface area (Å²) < 4.78 is 0. The molecule has 0 bridgehead atoms. The highest BCUT2D eigenvalue weighted by atomic mass is 16.3. The zero-order chi connectivity index (χ0) is 11.7. The SMILES string of the molecule is CCCCN(CCC(C)O)CCC(C)O. The van der Waals surface area contributed by atoms with Gasteiger partial charge in [-0.1, -0.05) is 13.3 Å². The number of aliphatic hydroxyl groups excluding tert-OH is 2. The maximum Gasteiger partial charge on any atom is 0.0524 e. The molecule has 0 aromatic carbocycles. The molecule has 2 N–H and O–H groups in total. The Morgan fingerprint density at radius 2 is 1.40 bits per heavy atom. The monoisotopic (exact) mass is 217 g/mol. The lowest BCUT2D eigenvalue weighted by Crippen LogP contribution is -2.30. The van der Waals surface area contributed by atoms with Gasteiger partial charge in [-0.15, -0.1) is 0 Å². The quantitative estimate of drug-likeness (QED) is 0.617. The smallest absolute Gasteiger partial charge is 0.0524 e. The van der Waals surface area contributed by atoms with E-state index in [0.717, 1.165) is 32.5 Å². The normalized spacial score (nSPS) is 15.6. The van der Waals surface area contributed by atoms with Crippen molar-refractivity contribution in [1.29, 1.82) is 0 Å². The van der Waals surface area contributed by atoms with E-state index in [1.54, 1.807) is 0 Å². The van der Waals surface area contributed by atoms with Gasteiger partial charge in [0.15, 0.2) is 0 Å². The van der Waals surface area contributed by atoms with Crippen molar-refractivity contribution in [2.75, 3.05) is 19.6 Å². The van der Waals surface area contributed by atoms with Gasteiger partial charge in [-0.2, -0.15) is 0 Å². The zero-order valence-electron chi connectivity index (χ0n) is 10.4. The van der Waals surface area contributed by atoms with E-state index in [1.165, 1.54) is 12.8 Å². The Labute approximate surface area is 94.1 Å². The second kappa shape index (κ2) is 9.13. The van der Waals surface area contributed by atoms with Crippen molar-refractivity contribution in [1.82, 2.24) is 4.90 Å². The summed E-state index contributed by atoms with van der Waals surface area (Å²) in [5.74, 6) is 0. The molecule has 0 aliphatic rings. The highest BCUT2D eigenvalue weighted by molar-refractivity contribution is 4.62. The molecule has 0 radical (unpaired) electrons. The lowest BCUT2D eigenvalue weighted by Gasteiger charge is -2.23. The summed E-state index contributed by atoms with van der Waals surface area (Å²) in [6.07, 6.45) is 3.59. The van der Waals surface area contributed by atoms with E-state index in [-0.39, 0.29) is 12.2 Å². The minimum atomic E-state index is -0.222. The first-order chi connectivity index (χ1) is 7.06. The molecule has 3 heteroatoms. The van der Waals surface area contributed by atoms with E-state index >= 15 is 0 Å². The van der Waals surface area contributed by atoms with Crippen molar-refractivity contribution < 1.29 is 10.2 Å². The first-order valence-electron chi connectivity index (χ1n) is 6.14. The molecule has 3 nitrogen and oxygen atoms in total. The first-order valence-corrected chi connectivity index (χ1v) is 6.14. The number of hydrogen-bond acceptors (Lipinski definition) is 3. The van der Waals surface area contributed by atoms with Gasteiger partial charge >= 0.3 is 0 Å². The average Bonchev–Trinajstić information content (AvgIpc) is 2.16. The van der Waals surface area contributed by atoms with Gasteiger partial charge in [0, 0.05) is 13.1 Å². The number of rotatable bonds is 9. The summed E-state index contributed by atoms with van der Waals surface area (Å²) in [6.45, 7) is 8.78. The third-order valence-electron chi connectivity index (χ3n) is 2.55. The molecular formula is C12H27NO2. The van der Waals surface area contributed by atoms with Gasteiger partial charge in [0.05, 0.1) is 12.2 Å². The largest absolute Gasteiger partial charge is 0.393 e. The average molecular weight is 217 g/mol. The summed E-state index contributed by atoms with van der Waals surface area (Å²) in [6, 6.07) is 0. The highest BCUT2D eigenvalue weighted by Gasteiger charge is 2.07. The molecule has 0 rings (SSSR count). The molecule has 0 aromatic heterocycles. The van der Waals surface area contributed by atoms with Crippen LogP contribution in [0.3, 0.4) is 0 Å². The van der Waals surface area contributed by atoms with Gasteiger partial charge in [0.2, 0.25) is 0 Å². The standard InChI is InChI=1S/C12H27NO2/c1-4-5-8-13(9-6-11(2)14)10-7-12(3)15/h11-12,14-15H,4-10H2,1-3H3. The molecule has 0 aliphatic heterocycles. The van der Waals surface area contributed by atoms with E-state index in [9.17, 15) is 10.2 Å². The molecule has 2 unspecified atom stereocenters. The summed E-state index contributed by atoms with van der Waals surface area (Å²) in [5.41, 5.74) is 0. The third-order valence-corrected chi connectivity index (χ3v) is 2.55. The van der Waals surface area contributed by atoms with Crippen LogP contribution in [0.5, 0.6) is 0 Å². The van der Waals surface area contributed by atoms with E-state index in [1.807, 2.05) is 13.8 Å². The van der Waals surface area contributed by atoms with Gasteiger partial charge < -0.3 is 15.1 Å². The number of unbranched alkanes of at least 4 members (excludes halogenated alkanes) is 1. The topological polar surface area (TPSA) is 43.7 Å². The number of hydrogen-bond donors (Lipinski definition) is 2. The lowest BCUT2D eigenvalue weighted by atomic mass is 10.2. The van der Waals surface area contributed by atoms with Crippen LogP contribution in [-0.2, 0) is 0 Å². The molecule has 0 amide bonds. The molecular weight excluding hydrogens is 190 g/mol. The van der Waals surface area contributed by atoms with E-state index in [0.29, 0.717) is 0 Å². The fourth-order valence-corrected chi connectivity index (χ4v) is 1.46. The van der Waals surface area contributed by atoms with Crippen LogP contribution in [-0.4, -0.2) is 47.0 Å². The van der Waals surface area contributed by atoms with Crippen molar-refractivity contribution in [2.24, 2.45) is 0 Å². The minimum absolute atomic E-state index is 0.222. The van der Waals surface area contributed by atoms with Crippen LogP contribution < -0.4 is 0 Å². The summed E-state index contributed by atoms with van der Waals surface area (Å²) in [7, 11) is 0. The molecule has 0 heterocycles. The number of nitrogens with zero attached hydrogens (tertiary/aromatic N) is 1. The van der Waals surface area contributed by atoms with Gasteiger partial charge in [0.1, 0.15) is 0 Å². The summed E-state index contributed by atoms with van der Waals surface area (Å²) >= 11 is 0. The maximum atomic E-state index is 9.23. The Morgan fingerprint density at radius 3 is 1.73 bits per heavy atom. The van der Waals surface area contributed by atoms with Crippen LogP contribution in [0.4, 0.5) is 0 Å². The Kier molecular flexibility index (Phi) is 9.06. The molecule has 0 saturated heterocycles. The summed E-state index contributed by atoms with van der Waals surface area (Å²) in [5, 5.41) is 18.5. The van der Waals surface area contributed by atoms with Gasteiger partial charge in [-0.05, 0) is 39.7 Å². The van der Waals surface area contributed by atoms with E-state index in [2.05, 4.69) is 11.8 Å². The number of aliphatic hydroxyl groups is 2. The van der Waals surface area contributed by atoms with Crippen LogP contribution in [0, 0.1) is 0 Å². The van der Waals surface area contributed by atoms with Crippen LogP contribution in [0.1, 0.15) is 46.5 Å². The minimum Gasteiger partial charge on any atom is -0.393 e. The highest BCUT2D eigenvalue weighted by Crippen LogP contribution is 2.02. The predicted octanol–water partition coefficient (Wildman–Crippen LogP) is 1.63. The third kappa shape index (κ3) is 10.2. The zero-order valence-corrected chi connectivity index (χ0v) is 10.4. The van der Waals surface area contributed by atoms with Gasteiger partial charge in [-0.25, -0.2) is 0 Å². The van der Waals surface area contributed by atoms with Crippen LogP contribution in [0.25, 0.3) is 0 Å². The van der Waals surface area contributed by atoms with Crippen molar-refractivity contribution in [3.63, 3.8) is 0 Å².